The van der Waals surface area contributed by atoms with Crippen molar-refractivity contribution in [3.8, 4) is 11.6 Å². The third-order valence-electron chi connectivity index (χ3n) is 6.83. The molecular formula is C30H33N7O3. The van der Waals surface area contributed by atoms with Crippen LogP contribution in [0.15, 0.2) is 73.1 Å². The summed E-state index contributed by atoms with van der Waals surface area (Å²) in [7, 11) is 3.73. The maximum atomic E-state index is 13.6. The monoisotopic (exact) mass is 539 g/mol. The van der Waals surface area contributed by atoms with E-state index >= 15 is 0 Å². The predicted octanol–water partition coefficient (Wildman–Crippen LogP) is 5.33. The summed E-state index contributed by atoms with van der Waals surface area (Å²) in [6.07, 6.45) is 2.70. The van der Waals surface area contributed by atoms with Gasteiger partial charge in [-0.25, -0.2) is 19.7 Å². The van der Waals surface area contributed by atoms with Crippen molar-refractivity contribution in [2.45, 2.75) is 13.8 Å². The Morgan fingerprint density at radius 3 is 2.30 bits per heavy atom. The van der Waals surface area contributed by atoms with Crippen LogP contribution in [0.1, 0.15) is 11.1 Å². The summed E-state index contributed by atoms with van der Waals surface area (Å²) in [4.78, 5) is 33.0. The molecule has 3 heterocycles. The number of aromatic nitrogens is 3. The molecule has 4 aromatic rings. The molecule has 1 amide bonds. The highest BCUT2D eigenvalue weighted by atomic mass is 16.6. The molecule has 1 saturated heterocycles. The zero-order valence-corrected chi connectivity index (χ0v) is 23.2. The Kier molecular flexibility index (Phi) is 8.07. The van der Waals surface area contributed by atoms with E-state index in [1.54, 1.807) is 42.6 Å². The van der Waals surface area contributed by atoms with E-state index < -0.39 is 6.09 Å². The molecule has 2 aromatic heterocycles. The van der Waals surface area contributed by atoms with Gasteiger partial charge in [0.15, 0.2) is 0 Å². The molecule has 0 atom stereocenters. The second-order valence-corrected chi connectivity index (χ2v) is 9.68. The summed E-state index contributed by atoms with van der Waals surface area (Å²) in [6.45, 7) is 7.84. The molecule has 2 aromatic carbocycles. The summed E-state index contributed by atoms with van der Waals surface area (Å²) in [5.74, 6) is 2.04. The van der Waals surface area contributed by atoms with Crippen molar-refractivity contribution in [2.24, 2.45) is 0 Å². The number of nitrogens with zero attached hydrogens (tertiary/aromatic N) is 6. The first kappa shape index (κ1) is 26.9. The lowest BCUT2D eigenvalue weighted by Gasteiger charge is -2.33. The Balaban J connectivity index is 1.33. The topological polar surface area (TPSA) is 95.9 Å². The molecular weight excluding hydrogens is 506 g/mol. The zero-order valence-electron chi connectivity index (χ0n) is 23.2. The SMILES string of the molecule is COc1ccc(N(C(=O)Oc2ccnc(Nc3ccc(N4CCN(C)CC4)nc3)n2)c2c(C)cccc2C)cc1. The summed E-state index contributed by atoms with van der Waals surface area (Å²) in [5, 5.41) is 3.15. The van der Waals surface area contributed by atoms with E-state index in [4.69, 9.17) is 9.47 Å². The summed E-state index contributed by atoms with van der Waals surface area (Å²) < 4.78 is 11.1. The molecule has 0 radical (unpaired) electrons. The van der Waals surface area contributed by atoms with Gasteiger partial charge in [0.1, 0.15) is 11.6 Å². The molecule has 0 aliphatic carbocycles. The van der Waals surface area contributed by atoms with E-state index in [1.807, 2.05) is 56.3 Å². The number of carbonyl (C=O) groups excluding carboxylic acids is 1. The van der Waals surface area contributed by atoms with Gasteiger partial charge >= 0.3 is 6.09 Å². The van der Waals surface area contributed by atoms with Crippen LogP contribution in [0.5, 0.6) is 11.6 Å². The van der Waals surface area contributed by atoms with Gasteiger partial charge in [-0.1, -0.05) is 18.2 Å². The number of rotatable bonds is 7. The molecule has 0 saturated carbocycles. The van der Waals surface area contributed by atoms with Crippen molar-refractivity contribution in [3.05, 3.63) is 84.2 Å². The number of methoxy groups -OCH3 is 1. The number of aryl methyl sites for hydroxylation is 2. The quantitative estimate of drug-likeness (QED) is 0.334. The Morgan fingerprint density at radius 2 is 1.65 bits per heavy atom. The van der Waals surface area contributed by atoms with E-state index in [-0.39, 0.29) is 5.88 Å². The fourth-order valence-electron chi connectivity index (χ4n) is 4.62. The summed E-state index contributed by atoms with van der Waals surface area (Å²) >= 11 is 0. The summed E-state index contributed by atoms with van der Waals surface area (Å²) in [5.41, 5.74) is 3.99. The highest BCUT2D eigenvalue weighted by molar-refractivity contribution is 5.98. The van der Waals surface area contributed by atoms with Crippen LogP contribution < -0.4 is 24.6 Å². The van der Waals surface area contributed by atoms with Crippen LogP contribution >= 0.6 is 0 Å². The third kappa shape index (κ3) is 6.13. The lowest BCUT2D eigenvalue weighted by molar-refractivity contribution is 0.208. The standard InChI is InChI=1S/C30H33N7O3/c1-21-6-5-7-22(2)28(21)37(24-9-11-25(39-4)12-10-24)30(38)40-27-14-15-31-29(34-27)33-23-8-13-26(32-20-23)36-18-16-35(3)17-19-36/h5-15,20H,16-19H2,1-4H3,(H,31,33,34). The lowest BCUT2D eigenvalue weighted by atomic mass is 10.1. The van der Waals surface area contributed by atoms with Crippen LogP contribution in [0.25, 0.3) is 0 Å². The molecule has 40 heavy (non-hydrogen) atoms. The van der Waals surface area contributed by atoms with Crippen LogP contribution in [-0.2, 0) is 0 Å². The molecule has 10 nitrogen and oxygen atoms in total. The first-order chi connectivity index (χ1) is 19.4. The number of hydrogen-bond donors (Lipinski definition) is 1. The van der Waals surface area contributed by atoms with Gasteiger partial charge in [-0.3, -0.25) is 0 Å². The number of anilines is 5. The molecule has 1 fully saturated rings. The number of hydrogen-bond acceptors (Lipinski definition) is 9. The molecule has 206 valence electrons. The molecule has 0 unspecified atom stereocenters. The summed E-state index contributed by atoms with van der Waals surface area (Å²) in [6, 6.07) is 18.6. The predicted molar refractivity (Wildman–Crippen MR) is 156 cm³/mol. The van der Waals surface area contributed by atoms with Crippen molar-refractivity contribution in [1.29, 1.82) is 0 Å². The molecule has 1 aliphatic heterocycles. The van der Waals surface area contributed by atoms with E-state index in [0.717, 1.165) is 54.5 Å². The minimum atomic E-state index is -0.592. The van der Waals surface area contributed by atoms with Crippen molar-refractivity contribution < 1.29 is 14.3 Å². The molecule has 0 spiro atoms. The second kappa shape index (κ2) is 12.0. The van der Waals surface area contributed by atoms with Gasteiger partial charge < -0.3 is 24.6 Å². The molecule has 1 aliphatic rings. The Bertz CT molecular complexity index is 1430. The molecule has 10 heteroatoms. The highest BCUT2D eigenvalue weighted by Gasteiger charge is 2.24. The van der Waals surface area contributed by atoms with Crippen molar-refractivity contribution in [1.82, 2.24) is 19.9 Å². The minimum Gasteiger partial charge on any atom is -0.497 e. The number of carbonyl (C=O) groups is 1. The van der Waals surface area contributed by atoms with Gasteiger partial charge in [0.05, 0.1) is 30.4 Å². The average molecular weight is 540 g/mol. The lowest BCUT2D eigenvalue weighted by Crippen LogP contribution is -2.44. The van der Waals surface area contributed by atoms with E-state index in [9.17, 15) is 4.79 Å². The number of piperazine rings is 1. The average Bonchev–Trinajstić information content (AvgIpc) is 2.96. The number of amides is 1. The van der Waals surface area contributed by atoms with Crippen LogP contribution in [0.4, 0.5) is 33.6 Å². The number of nitrogens with one attached hydrogen (secondary N) is 1. The number of likely N-dealkylation sites (N-methyl/N-ethyl adjacent to an activating group) is 1. The van der Waals surface area contributed by atoms with Gasteiger partial charge in [-0.15, -0.1) is 0 Å². The second-order valence-electron chi connectivity index (χ2n) is 9.68. The van der Waals surface area contributed by atoms with Crippen molar-refractivity contribution in [2.75, 3.05) is 55.5 Å². The fourth-order valence-corrected chi connectivity index (χ4v) is 4.62. The smallest absolute Gasteiger partial charge is 0.425 e. The van der Waals surface area contributed by atoms with Crippen molar-refractivity contribution in [3.63, 3.8) is 0 Å². The highest BCUT2D eigenvalue weighted by Crippen LogP contribution is 2.33. The number of para-hydroxylation sites is 1. The number of ether oxygens (including phenoxy) is 2. The molecule has 5 rings (SSSR count). The van der Waals surface area contributed by atoms with Gasteiger partial charge in [-0.2, -0.15) is 4.98 Å². The number of benzene rings is 2. The van der Waals surface area contributed by atoms with Crippen LogP contribution in [-0.4, -0.2) is 66.3 Å². The molecule has 1 N–H and O–H groups in total. The fraction of sp³-hybridized carbons (Fsp3) is 0.267. The van der Waals surface area contributed by atoms with Crippen LogP contribution in [0, 0.1) is 13.8 Å². The van der Waals surface area contributed by atoms with Gasteiger partial charge in [0.25, 0.3) is 0 Å². The minimum absolute atomic E-state index is 0.120. The number of pyridine rings is 1. The maximum absolute atomic E-state index is 13.6. The van der Waals surface area contributed by atoms with Crippen LogP contribution in [0.3, 0.4) is 0 Å². The third-order valence-corrected chi connectivity index (χ3v) is 6.83. The van der Waals surface area contributed by atoms with E-state index in [1.165, 1.54) is 0 Å². The maximum Gasteiger partial charge on any atom is 0.425 e. The van der Waals surface area contributed by atoms with Crippen LogP contribution in [0.2, 0.25) is 0 Å². The van der Waals surface area contributed by atoms with Gasteiger partial charge in [0.2, 0.25) is 11.8 Å². The first-order valence-electron chi connectivity index (χ1n) is 13.1. The Morgan fingerprint density at radius 1 is 0.925 bits per heavy atom. The van der Waals surface area contributed by atoms with Crippen molar-refractivity contribution >= 4 is 34.9 Å². The normalized spacial score (nSPS) is 13.6. The Hall–Kier alpha value is -4.70. The van der Waals surface area contributed by atoms with E-state index in [2.05, 4.69) is 37.1 Å². The largest absolute Gasteiger partial charge is 0.497 e. The zero-order chi connectivity index (χ0) is 28.1. The molecule has 0 bridgehead atoms. The van der Waals surface area contributed by atoms with Gasteiger partial charge in [0, 0.05) is 38.4 Å². The van der Waals surface area contributed by atoms with Gasteiger partial charge in [-0.05, 0) is 68.4 Å². The van der Waals surface area contributed by atoms with E-state index in [0.29, 0.717) is 17.4 Å². The Labute approximate surface area is 234 Å². The first-order valence-corrected chi connectivity index (χ1v) is 13.1.